The van der Waals surface area contributed by atoms with E-state index in [1.165, 1.54) is 4.57 Å². The standard InChI is InChI=1S/C23H26N4O3/c1-16-15-24-22(29)27(16)20-10-6-5-9-19(20)25-23(30)26-13-11-18(12-14-26)21(28)17-7-3-2-4-8-17/h2-10,15,18,21,28H,11-14H2,1H3,(H,24,29)(H,25,30). The summed E-state index contributed by atoms with van der Waals surface area (Å²) >= 11 is 0. The number of hydrogen-bond acceptors (Lipinski definition) is 3. The smallest absolute Gasteiger partial charge is 0.330 e. The molecule has 7 heteroatoms. The molecule has 2 aromatic carbocycles. The van der Waals surface area contributed by atoms with Gasteiger partial charge in [-0.2, -0.15) is 0 Å². The Hall–Kier alpha value is -3.32. The van der Waals surface area contributed by atoms with Gasteiger partial charge in [0.05, 0.1) is 17.5 Å². The molecule has 0 bridgehead atoms. The van der Waals surface area contributed by atoms with Crippen LogP contribution in [-0.2, 0) is 0 Å². The van der Waals surface area contributed by atoms with Crippen molar-refractivity contribution in [2.24, 2.45) is 5.92 Å². The third-order valence-electron chi connectivity index (χ3n) is 5.76. The number of H-pyrrole nitrogens is 1. The minimum atomic E-state index is -0.513. The van der Waals surface area contributed by atoms with Crippen molar-refractivity contribution >= 4 is 11.7 Å². The minimum Gasteiger partial charge on any atom is -0.388 e. The fraction of sp³-hybridized carbons (Fsp3) is 0.304. The molecule has 1 aromatic heterocycles. The first-order valence-corrected chi connectivity index (χ1v) is 10.2. The Balaban J connectivity index is 1.42. The van der Waals surface area contributed by atoms with Gasteiger partial charge in [0.1, 0.15) is 0 Å². The first-order chi connectivity index (χ1) is 14.5. The van der Waals surface area contributed by atoms with Gasteiger partial charge in [0.15, 0.2) is 0 Å². The van der Waals surface area contributed by atoms with Crippen LogP contribution in [0.2, 0.25) is 0 Å². The molecule has 1 fully saturated rings. The highest BCUT2D eigenvalue weighted by Gasteiger charge is 2.28. The van der Waals surface area contributed by atoms with Crippen LogP contribution in [0.4, 0.5) is 10.5 Å². The molecule has 4 rings (SSSR count). The number of urea groups is 1. The molecule has 0 aliphatic carbocycles. The summed E-state index contributed by atoms with van der Waals surface area (Å²) in [6, 6.07) is 16.7. The van der Waals surface area contributed by atoms with E-state index < -0.39 is 6.10 Å². The second-order valence-corrected chi connectivity index (χ2v) is 7.70. The summed E-state index contributed by atoms with van der Waals surface area (Å²) in [6.45, 7) is 2.98. The lowest BCUT2D eigenvalue weighted by Gasteiger charge is -2.34. The molecule has 1 unspecified atom stereocenters. The number of anilines is 1. The summed E-state index contributed by atoms with van der Waals surface area (Å²) in [5, 5.41) is 13.6. The molecule has 2 heterocycles. The molecular weight excluding hydrogens is 380 g/mol. The van der Waals surface area contributed by atoms with Crippen molar-refractivity contribution in [1.82, 2.24) is 14.5 Å². The van der Waals surface area contributed by atoms with E-state index in [-0.39, 0.29) is 17.6 Å². The van der Waals surface area contributed by atoms with Gasteiger partial charge in [0.25, 0.3) is 0 Å². The zero-order valence-corrected chi connectivity index (χ0v) is 16.9. The highest BCUT2D eigenvalue weighted by atomic mass is 16.3. The van der Waals surface area contributed by atoms with Crippen LogP contribution < -0.4 is 11.0 Å². The number of aryl methyl sites for hydroxylation is 1. The zero-order valence-electron chi connectivity index (χ0n) is 16.9. The van der Waals surface area contributed by atoms with Crippen LogP contribution in [0.15, 0.2) is 65.6 Å². The highest BCUT2D eigenvalue weighted by Crippen LogP contribution is 2.31. The van der Waals surface area contributed by atoms with Crippen LogP contribution >= 0.6 is 0 Å². The van der Waals surface area contributed by atoms with E-state index in [1.54, 1.807) is 23.2 Å². The second-order valence-electron chi connectivity index (χ2n) is 7.70. The van der Waals surface area contributed by atoms with E-state index in [9.17, 15) is 14.7 Å². The quantitative estimate of drug-likeness (QED) is 0.620. The third-order valence-corrected chi connectivity index (χ3v) is 5.76. The number of hydrogen-bond donors (Lipinski definition) is 3. The number of imidazole rings is 1. The lowest BCUT2D eigenvalue weighted by Crippen LogP contribution is -2.42. The molecule has 3 N–H and O–H groups in total. The number of likely N-dealkylation sites (tertiary alicyclic amines) is 1. The van der Waals surface area contributed by atoms with Crippen molar-refractivity contribution in [3.05, 3.63) is 82.5 Å². The van der Waals surface area contributed by atoms with Gasteiger partial charge in [0, 0.05) is 25.0 Å². The molecule has 0 radical (unpaired) electrons. The maximum Gasteiger partial charge on any atom is 0.330 e. The molecule has 1 atom stereocenters. The lowest BCUT2D eigenvalue weighted by atomic mass is 9.87. The Bertz CT molecular complexity index is 1070. The van der Waals surface area contributed by atoms with Gasteiger partial charge in [-0.25, -0.2) is 9.59 Å². The summed E-state index contributed by atoms with van der Waals surface area (Å²) in [4.78, 5) is 29.5. The number of aliphatic hydroxyl groups excluding tert-OH is 1. The summed E-state index contributed by atoms with van der Waals surface area (Å²) in [6.07, 6.45) is 2.60. The largest absolute Gasteiger partial charge is 0.388 e. The molecule has 156 valence electrons. The van der Waals surface area contributed by atoms with E-state index in [2.05, 4.69) is 10.3 Å². The summed E-state index contributed by atoms with van der Waals surface area (Å²) in [5.41, 5.74) is 2.65. The van der Waals surface area contributed by atoms with Crippen molar-refractivity contribution in [3.8, 4) is 5.69 Å². The Kier molecular flexibility index (Phi) is 5.72. The number of rotatable bonds is 4. The number of carbonyl (C=O) groups excluding carboxylic acids is 1. The van der Waals surface area contributed by atoms with Gasteiger partial charge in [-0.15, -0.1) is 0 Å². The number of amides is 2. The molecular formula is C23H26N4O3. The highest BCUT2D eigenvalue weighted by molar-refractivity contribution is 5.91. The van der Waals surface area contributed by atoms with E-state index in [1.807, 2.05) is 49.4 Å². The third kappa shape index (κ3) is 4.02. The van der Waals surface area contributed by atoms with Crippen LogP contribution in [0.1, 0.15) is 30.2 Å². The van der Waals surface area contributed by atoms with Gasteiger partial charge >= 0.3 is 11.7 Å². The average molecular weight is 406 g/mol. The number of benzene rings is 2. The molecule has 30 heavy (non-hydrogen) atoms. The predicted molar refractivity (Wildman–Crippen MR) is 116 cm³/mol. The van der Waals surface area contributed by atoms with Gasteiger partial charge < -0.3 is 20.3 Å². The van der Waals surface area contributed by atoms with Crippen LogP contribution in [0.25, 0.3) is 5.69 Å². The van der Waals surface area contributed by atoms with E-state index in [4.69, 9.17) is 0 Å². The Labute approximate surface area is 175 Å². The topological polar surface area (TPSA) is 90.4 Å². The summed E-state index contributed by atoms with van der Waals surface area (Å²) < 4.78 is 1.54. The molecule has 1 aliphatic heterocycles. The monoisotopic (exact) mass is 406 g/mol. The molecule has 2 amide bonds. The van der Waals surface area contributed by atoms with Crippen molar-refractivity contribution in [1.29, 1.82) is 0 Å². The van der Waals surface area contributed by atoms with Gasteiger partial charge in [-0.05, 0) is 43.4 Å². The molecule has 1 aliphatic rings. The van der Waals surface area contributed by atoms with E-state index >= 15 is 0 Å². The average Bonchev–Trinajstić information content (AvgIpc) is 3.12. The number of para-hydroxylation sites is 2. The number of carbonyl (C=O) groups is 1. The van der Waals surface area contributed by atoms with Crippen LogP contribution in [-0.4, -0.2) is 38.7 Å². The van der Waals surface area contributed by atoms with Crippen molar-refractivity contribution in [2.45, 2.75) is 25.9 Å². The maximum absolute atomic E-state index is 12.9. The SMILES string of the molecule is Cc1c[nH]c(=O)n1-c1ccccc1NC(=O)N1CCC(C(O)c2ccccc2)CC1. The number of aliphatic hydroxyl groups is 1. The number of aromatic amines is 1. The number of nitrogens with zero attached hydrogens (tertiary/aromatic N) is 2. The molecule has 7 nitrogen and oxygen atoms in total. The zero-order chi connectivity index (χ0) is 21.1. The van der Waals surface area contributed by atoms with Crippen LogP contribution in [0.5, 0.6) is 0 Å². The predicted octanol–water partition coefficient (Wildman–Crippen LogP) is 3.45. The Morgan fingerprint density at radius 3 is 2.43 bits per heavy atom. The second kappa shape index (κ2) is 8.59. The Morgan fingerprint density at radius 1 is 1.10 bits per heavy atom. The molecule has 0 saturated carbocycles. The molecule has 3 aromatic rings. The fourth-order valence-electron chi connectivity index (χ4n) is 4.06. The van der Waals surface area contributed by atoms with E-state index in [0.717, 1.165) is 24.1 Å². The van der Waals surface area contributed by atoms with Crippen LogP contribution in [0, 0.1) is 12.8 Å². The van der Waals surface area contributed by atoms with Crippen molar-refractivity contribution in [3.63, 3.8) is 0 Å². The summed E-state index contributed by atoms with van der Waals surface area (Å²) in [7, 11) is 0. The van der Waals surface area contributed by atoms with Gasteiger partial charge in [0.2, 0.25) is 0 Å². The first-order valence-electron chi connectivity index (χ1n) is 10.2. The van der Waals surface area contributed by atoms with Crippen molar-refractivity contribution in [2.75, 3.05) is 18.4 Å². The van der Waals surface area contributed by atoms with Gasteiger partial charge in [-0.1, -0.05) is 42.5 Å². The van der Waals surface area contributed by atoms with Crippen LogP contribution in [0.3, 0.4) is 0 Å². The van der Waals surface area contributed by atoms with Crippen molar-refractivity contribution < 1.29 is 9.90 Å². The number of piperidine rings is 1. The normalized spacial score (nSPS) is 15.7. The minimum absolute atomic E-state index is 0.129. The molecule has 1 saturated heterocycles. The number of nitrogens with one attached hydrogen (secondary N) is 2. The lowest BCUT2D eigenvalue weighted by molar-refractivity contribution is 0.0683. The maximum atomic E-state index is 12.9. The fourth-order valence-corrected chi connectivity index (χ4v) is 4.06. The summed E-state index contributed by atoms with van der Waals surface area (Å²) in [5.74, 6) is 0.129. The Morgan fingerprint density at radius 2 is 1.77 bits per heavy atom. The molecule has 0 spiro atoms. The van der Waals surface area contributed by atoms with E-state index in [0.29, 0.717) is 24.5 Å². The number of aromatic nitrogens is 2. The first kappa shape index (κ1) is 20.0. The van der Waals surface area contributed by atoms with Gasteiger partial charge in [-0.3, -0.25) is 4.57 Å².